The summed E-state index contributed by atoms with van der Waals surface area (Å²) in [5, 5.41) is 2.03. The summed E-state index contributed by atoms with van der Waals surface area (Å²) in [6.45, 7) is 0.998. The monoisotopic (exact) mass is 610 g/mol. The lowest BCUT2D eigenvalue weighted by Gasteiger charge is -2.13. The molecular weight excluding hydrogens is 592 g/mol. The summed E-state index contributed by atoms with van der Waals surface area (Å²) < 4.78 is 15.7. The highest BCUT2D eigenvalue weighted by Crippen LogP contribution is 2.35. The highest BCUT2D eigenvalue weighted by molar-refractivity contribution is 9.10. The van der Waals surface area contributed by atoms with Crippen molar-refractivity contribution in [3.63, 3.8) is 0 Å². The third kappa shape index (κ3) is 7.34. The Balaban J connectivity index is 1.73. The number of esters is 2. The molecule has 1 heterocycles. The van der Waals surface area contributed by atoms with Crippen molar-refractivity contribution in [1.82, 2.24) is 4.90 Å². The largest absolute Gasteiger partial charge is 0.481 e. The minimum absolute atomic E-state index is 0.0473. The lowest BCUT2D eigenvalue weighted by molar-refractivity contribution is -0.145. The molecule has 2 aromatic carbocycles. The maximum Gasteiger partial charge on any atom is 0.344 e. The van der Waals surface area contributed by atoms with E-state index in [2.05, 4.69) is 26.0 Å². The van der Waals surface area contributed by atoms with E-state index in [1.807, 2.05) is 0 Å². The summed E-state index contributed by atoms with van der Waals surface area (Å²) in [5.41, 5.74) is 0.714. The van der Waals surface area contributed by atoms with Gasteiger partial charge in [-0.15, -0.1) is 0 Å². The molecule has 1 aliphatic rings. The predicted octanol–water partition coefficient (Wildman–Crippen LogP) is 4.51. The number of nitrogens with one attached hydrogen (secondary N) is 1. The first-order valence-corrected chi connectivity index (χ1v) is 12.6. The van der Waals surface area contributed by atoms with Crippen molar-refractivity contribution < 1.29 is 38.2 Å². The molecule has 37 heavy (non-hydrogen) atoms. The Morgan fingerprint density at radius 1 is 1.16 bits per heavy atom. The van der Waals surface area contributed by atoms with Gasteiger partial charge < -0.3 is 19.5 Å². The fourth-order valence-corrected chi connectivity index (χ4v) is 4.50. The maximum atomic E-state index is 12.9. The lowest BCUT2D eigenvalue weighted by atomic mass is 10.2. The van der Waals surface area contributed by atoms with E-state index in [4.69, 9.17) is 21.1 Å². The zero-order valence-electron chi connectivity index (χ0n) is 19.5. The summed E-state index contributed by atoms with van der Waals surface area (Å²) in [6.07, 6.45) is 1.44. The van der Waals surface area contributed by atoms with Crippen molar-refractivity contribution in [1.29, 1.82) is 0 Å². The molecule has 194 valence electrons. The minimum atomic E-state index is -0.685. The third-order valence-electron chi connectivity index (χ3n) is 4.74. The average molecular weight is 612 g/mol. The van der Waals surface area contributed by atoms with Crippen molar-refractivity contribution in [2.75, 3.05) is 32.2 Å². The quantitative estimate of drug-likeness (QED) is 0.322. The summed E-state index contributed by atoms with van der Waals surface area (Å²) >= 11 is 9.98. The van der Waals surface area contributed by atoms with Gasteiger partial charge in [-0.3, -0.25) is 19.3 Å². The van der Waals surface area contributed by atoms with E-state index in [9.17, 15) is 24.0 Å². The van der Waals surface area contributed by atoms with Gasteiger partial charge in [0.05, 0.1) is 29.2 Å². The van der Waals surface area contributed by atoms with Crippen LogP contribution in [-0.2, 0) is 23.9 Å². The van der Waals surface area contributed by atoms with E-state index in [0.717, 1.165) is 4.90 Å². The summed E-state index contributed by atoms with van der Waals surface area (Å²) in [5.74, 6) is -2.28. The molecule has 0 unspecified atom stereocenters. The number of amides is 3. The Kier molecular flexibility index (Phi) is 9.73. The maximum absolute atomic E-state index is 12.9. The molecule has 10 nitrogen and oxygen atoms in total. The number of carbonyl (C=O) groups is 5. The van der Waals surface area contributed by atoms with Gasteiger partial charge >= 0.3 is 11.9 Å². The lowest BCUT2D eigenvalue weighted by Crippen LogP contribution is -2.36. The molecule has 0 bridgehead atoms. The molecule has 1 saturated heterocycles. The standard InChI is InChI=1S/C24H20BrClN2O8S/c1-3-35-21(30)12-36-18-7-4-14(25)8-13(18)9-19-22(31)28(24(33)37-19)11-20(29)27-15-5-6-17(26)16(10-15)23(32)34-2/h4-10H,3,11-12H2,1-2H3,(H,27,29)/b19-9+. The van der Waals surface area contributed by atoms with Crippen LogP contribution in [0, 0.1) is 0 Å². The number of carbonyl (C=O) groups excluding carboxylic acids is 5. The summed E-state index contributed by atoms with van der Waals surface area (Å²) in [4.78, 5) is 62.3. The highest BCUT2D eigenvalue weighted by Gasteiger charge is 2.36. The van der Waals surface area contributed by atoms with Gasteiger partial charge in [0.25, 0.3) is 11.1 Å². The molecule has 1 N–H and O–H groups in total. The second kappa shape index (κ2) is 12.7. The smallest absolute Gasteiger partial charge is 0.344 e. The van der Waals surface area contributed by atoms with Crippen LogP contribution in [0.3, 0.4) is 0 Å². The number of nitrogens with zero attached hydrogens (tertiary/aromatic N) is 1. The number of imide groups is 1. The van der Waals surface area contributed by atoms with Crippen LogP contribution in [0.5, 0.6) is 5.75 Å². The topological polar surface area (TPSA) is 128 Å². The number of anilines is 1. The third-order valence-corrected chi connectivity index (χ3v) is 6.47. The number of thioether (sulfide) groups is 1. The van der Waals surface area contributed by atoms with Crippen molar-refractivity contribution in [3.8, 4) is 5.75 Å². The van der Waals surface area contributed by atoms with Gasteiger partial charge in [-0.05, 0) is 61.2 Å². The van der Waals surface area contributed by atoms with Crippen LogP contribution in [0.1, 0.15) is 22.8 Å². The van der Waals surface area contributed by atoms with Gasteiger partial charge in [0, 0.05) is 15.7 Å². The Labute approximate surface area is 229 Å². The van der Waals surface area contributed by atoms with E-state index in [1.54, 1.807) is 25.1 Å². The van der Waals surface area contributed by atoms with Crippen molar-refractivity contribution >= 4 is 80.0 Å². The molecule has 0 saturated carbocycles. The molecule has 3 amide bonds. The van der Waals surface area contributed by atoms with Gasteiger partial charge in [0.1, 0.15) is 12.3 Å². The zero-order chi connectivity index (χ0) is 27.1. The summed E-state index contributed by atoms with van der Waals surface area (Å²) in [7, 11) is 1.20. The molecule has 0 aromatic heterocycles. The van der Waals surface area contributed by atoms with Gasteiger partial charge in [0.15, 0.2) is 6.61 Å². The normalized spacial score (nSPS) is 14.1. The van der Waals surface area contributed by atoms with E-state index in [1.165, 1.54) is 31.4 Å². The molecule has 1 aliphatic heterocycles. The first-order valence-electron chi connectivity index (χ1n) is 10.6. The first kappa shape index (κ1) is 28.2. The zero-order valence-corrected chi connectivity index (χ0v) is 22.7. The second-order valence-corrected chi connectivity index (χ2v) is 9.59. The Hall–Kier alpha value is -3.35. The van der Waals surface area contributed by atoms with E-state index >= 15 is 0 Å². The number of methoxy groups -OCH3 is 1. The van der Waals surface area contributed by atoms with Crippen molar-refractivity contribution in [2.24, 2.45) is 0 Å². The average Bonchev–Trinajstić information content (AvgIpc) is 3.11. The van der Waals surface area contributed by atoms with Gasteiger partial charge in [0.2, 0.25) is 5.91 Å². The van der Waals surface area contributed by atoms with Crippen LogP contribution in [0.2, 0.25) is 5.02 Å². The molecule has 2 aromatic rings. The minimum Gasteiger partial charge on any atom is -0.481 e. The van der Waals surface area contributed by atoms with Crippen molar-refractivity contribution in [3.05, 3.63) is 61.9 Å². The molecule has 0 atom stereocenters. The number of hydrogen-bond acceptors (Lipinski definition) is 9. The van der Waals surface area contributed by atoms with Crippen LogP contribution in [0.25, 0.3) is 6.08 Å². The molecule has 0 radical (unpaired) electrons. The Morgan fingerprint density at radius 2 is 1.92 bits per heavy atom. The molecular formula is C24H20BrClN2O8S. The Bertz CT molecular complexity index is 1300. The highest BCUT2D eigenvalue weighted by atomic mass is 79.9. The molecule has 1 fully saturated rings. The fourth-order valence-electron chi connectivity index (χ4n) is 3.09. The molecule has 3 rings (SSSR count). The van der Waals surface area contributed by atoms with Crippen molar-refractivity contribution in [2.45, 2.75) is 6.92 Å². The number of halogens is 2. The van der Waals surface area contributed by atoms with Crippen LogP contribution in [-0.4, -0.2) is 60.8 Å². The number of ether oxygens (including phenoxy) is 3. The number of benzene rings is 2. The first-order chi connectivity index (χ1) is 17.6. The summed E-state index contributed by atoms with van der Waals surface area (Å²) in [6, 6.07) is 9.14. The van der Waals surface area contributed by atoms with Crippen LogP contribution >= 0.6 is 39.3 Å². The van der Waals surface area contributed by atoms with E-state index < -0.39 is 35.5 Å². The molecule has 13 heteroatoms. The Morgan fingerprint density at radius 3 is 2.62 bits per heavy atom. The molecule has 0 spiro atoms. The number of rotatable bonds is 9. The molecule has 0 aliphatic carbocycles. The van der Waals surface area contributed by atoms with Crippen LogP contribution in [0.4, 0.5) is 10.5 Å². The predicted molar refractivity (Wildman–Crippen MR) is 140 cm³/mol. The fraction of sp³-hybridized carbons (Fsp3) is 0.208. The van der Waals surface area contributed by atoms with Gasteiger partial charge in [-0.2, -0.15) is 0 Å². The van der Waals surface area contributed by atoms with E-state index in [-0.39, 0.29) is 34.4 Å². The van der Waals surface area contributed by atoms with Gasteiger partial charge in [-0.1, -0.05) is 27.5 Å². The van der Waals surface area contributed by atoms with Crippen LogP contribution in [0.15, 0.2) is 45.8 Å². The SMILES string of the molecule is CCOC(=O)COc1ccc(Br)cc1/C=C1/SC(=O)N(CC(=O)Nc2ccc(Cl)c(C(=O)OC)c2)C1=O. The second-order valence-electron chi connectivity index (χ2n) is 7.28. The number of hydrogen-bond donors (Lipinski definition) is 1. The van der Waals surface area contributed by atoms with Gasteiger partial charge in [-0.25, -0.2) is 9.59 Å². The van der Waals surface area contributed by atoms with E-state index in [0.29, 0.717) is 27.5 Å². The van der Waals surface area contributed by atoms with Crippen LogP contribution < -0.4 is 10.1 Å².